The lowest BCUT2D eigenvalue weighted by Crippen LogP contribution is -2.35. The molecule has 0 aliphatic heterocycles. The van der Waals surface area contributed by atoms with Gasteiger partial charge >= 0.3 is 36.7 Å². The molecule has 1 heterocycles. The molecule has 2 aromatic carbocycles. The fourth-order valence-electron chi connectivity index (χ4n) is 2.54. The Morgan fingerprint density at radius 2 is 1.00 bits per heavy atom. The zero-order valence-corrected chi connectivity index (χ0v) is 17.5. The Hall–Kier alpha value is -3.71. The Labute approximate surface area is 193 Å². The van der Waals surface area contributed by atoms with E-state index < -0.39 is 55.9 Å². The fourth-order valence-corrected chi connectivity index (χ4v) is 2.54. The number of ether oxygens (including phenoxy) is 2. The molecule has 0 unspecified atom stereocenters. The van der Waals surface area contributed by atoms with Gasteiger partial charge < -0.3 is 9.47 Å². The normalized spacial score (nSPS) is 12.2. The van der Waals surface area contributed by atoms with Crippen molar-refractivity contribution >= 4 is 17.3 Å². The first-order chi connectivity index (χ1) is 16.5. The van der Waals surface area contributed by atoms with Gasteiger partial charge in [-0.25, -0.2) is 17.6 Å². The van der Waals surface area contributed by atoms with Crippen molar-refractivity contribution in [1.29, 1.82) is 0 Å². The first-order valence-electron chi connectivity index (χ1n) is 9.73. The molecule has 0 saturated heterocycles. The van der Waals surface area contributed by atoms with Gasteiger partial charge in [0.05, 0.1) is 0 Å². The van der Waals surface area contributed by atoms with Crippen LogP contribution in [0.15, 0.2) is 60.7 Å². The highest BCUT2D eigenvalue weighted by Gasteiger charge is 2.43. The van der Waals surface area contributed by atoms with Gasteiger partial charge in [-0.1, -0.05) is 36.4 Å². The molecule has 0 atom stereocenters. The second-order valence-electron chi connectivity index (χ2n) is 6.91. The van der Waals surface area contributed by atoms with Gasteiger partial charge in [-0.2, -0.15) is 27.5 Å². The number of alkyl halides is 8. The van der Waals surface area contributed by atoms with Gasteiger partial charge in [0.15, 0.2) is 13.2 Å². The van der Waals surface area contributed by atoms with Crippen LogP contribution in [0, 0.1) is 0 Å². The third kappa shape index (κ3) is 6.67. The van der Waals surface area contributed by atoms with Crippen molar-refractivity contribution in [1.82, 2.24) is 15.0 Å². The molecule has 0 fully saturated rings. The highest BCUT2D eigenvalue weighted by atomic mass is 19.3. The van der Waals surface area contributed by atoms with Crippen molar-refractivity contribution < 1.29 is 44.6 Å². The molecule has 0 aliphatic carbocycles. The van der Waals surface area contributed by atoms with Gasteiger partial charge in [-0.05, 0) is 24.3 Å². The predicted molar refractivity (Wildman–Crippen MR) is 107 cm³/mol. The summed E-state index contributed by atoms with van der Waals surface area (Å²) in [6.45, 7) is -3.73. The number of halogens is 8. The Kier molecular flexibility index (Phi) is 7.92. The highest BCUT2D eigenvalue weighted by molar-refractivity contribution is 5.72. The number of aromatic nitrogens is 3. The van der Waals surface area contributed by atoms with Crippen molar-refractivity contribution in [2.75, 3.05) is 18.1 Å². The Morgan fingerprint density at radius 3 is 1.34 bits per heavy atom. The van der Waals surface area contributed by atoms with Crippen LogP contribution in [0.2, 0.25) is 0 Å². The van der Waals surface area contributed by atoms with Crippen molar-refractivity contribution in [3.63, 3.8) is 0 Å². The molecular formula is C21H16F8N4O2. The Bertz CT molecular complexity index is 1010. The Morgan fingerprint density at radius 1 is 0.629 bits per heavy atom. The number of benzene rings is 2. The molecule has 0 saturated carbocycles. The molecule has 0 N–H and O–H groups in total. The van der Waals surface area contributed by atoms with Crippen molar-refractivity contribution in [3.8, 4) is 12.0 Å². The summed E-state index contributed by atoms with van der Waals surface area (Å²) in [6.07, 6.45) is -8.15. The standard InChI is InChI=1S/C21H16F8N4O2/c22-15(23)20(26,27)11-34-18-30-17(31-19(32-18)35-12-21(28,29)16(24)25)33(13-7-3-1-4-8-13)14-9-5-2-6-10-14/h1-10,15-16H,11-12H2. The lowest BCUT2D eigenvalue weighted by Gasteiger charge is -2.24. The maximum absolute atomic E-state index is 13.3. The quantitative estimate of drug-likeness (QED) is 0.301. The predicted octanol–water partition coefficient (Wildman–Crippen LogP) is 5.90. The topological polar surface area (TPSA) is 60.4 Å². The summed E-state index contributed by atoms with van der Waals surface area (Å²) in [5.74, 6) is -9.59. The number of rotatable bonds is 11. The Balaban J connectivity index is 2.04. The van der Waals surface area contributed by atoms with Gasteiger partial charge in [0, 0.05) is 11.4 Å². The molecule has 0 spiro atoms. The lowest BCUT2D eigenvalue weighted by molar-refractivity contribution is -0.150. The van der Waals surface area contributed by atoms with Crippen LogP contribution in [0.4, 0.5) is 52.4 Å². The molecule has 0 radical (unpaired) electrons. The van der Waals surface area contributed by atoms with Crippen LogP contribution in [0.1, 0.15) is 0 Å². The van der Waals surface area contributed by atoms with Gasteiger partial charge in [0.2, 0.25) is 5.95 Å². The third-order valence-electron chi connectivity index (χ3n) is 4.24. The van der Waals surface area contributed by atoms with Crippen LogP contribution in [0.5, 0.6) is 12.0 Å². The second-order valence-corrected chi connectivity index (χ2v) is 6.91. The van der Waals surface area contributed by atoms with E-state index in [4.69, 9.17) is 0 Å². The molecule has 3 rings (SSSR count). The minimum absolute atomic E-state index is 0.401. The van der Waals surface area contributed by atoms with Crippen LogP contribution in [-0.2, 0) is 0 Å². The van der Waals surface area contributed by atoms with Crippen LogP contribution in [-0.4, -0.2) is 52.9 Å². The second kappa shape index (κ2) is 10.7. The fraction of sp³-hybridized carbons (Fsp3) is 0.286. The first-order valence-corrected chi connectivity index (χ1v) is 9.73. The molecule has 35 heavy (non-hydrogen) atoms. The van der Waals surface area contributed by atoms with E-state index in [0.29, 0.717) is 11.4 Å². The minimum atomic E-state index is -4.59. The van der Waals surface area contributed by atoms with Crippen molar-refractivity contribution in [2.24, 2.45) is 0 Å². The monoisotopic (exact) mass is 508 g/mol. The summed E-state index contributed by atoms with van der Waals surface area (Å²) in [5.41, 5.74) is 0.801. The smallest absolute Gasteiger partial charge is 0.340 e. The molecule has 0 bridgehead atoms. The molecule has 3 aromatic rings. The summed E-state index contributed by atoms with van der Waals surface area (Å²) in [6, 6.07) is 14.3. The van der Waals surface area contributed by atoms with Crippen LogP contribution in [0.25, 0.3) is 0 Å². The number of hydrogen-bond donors (Lipinski definition) is 0. The molecule has 0 amide bonds. The van der Waals surface area contributed by atoms with E-state index in [9.17, 15) is 35.1 Å². The van der Waals surface area contributed by atoms with E-state index in [-0.39, 0.29) is 0 Å². The van der Waals surface area contributed by atoms with E-state index >= 15 is 0 Å². The van der Waals surface area contributed by atoms with Crippen LogP contribution < -0.4 is 14.4 Å². The minimum Gasteiger partial charge on any atom is -0.457 e. The number of nitrogens with zero attached hydrogens (tertiary/aromatic N) is 4. The summed E-state index contributed by atoms with van der Waals surface area (Å²) in [7, 11) is 0. The number of para-hydroxylation sites is 2. The SMILES string of the molecule is FC(F)C(F)(F)COc1nc(OCC(F)(F)C(F)F)nc(N(c2ccccc2)c2ccccc2)n1. The van der Waals surface area contributed by atoms with Gasteiger partial charge in [-0.3, -0.25) is 4.90 Å². The molecule has 0 aliphatic rings. The molecule has 1 aromatic heterocycles. The number of hydrogen-bond acceptors (Lipinski definition) is 6. The van der Waals surface area contributed by atoms with Gasteiger partial charge in [0.25, 0.3) is 0 Å². The van der Waals surface area contributed by atoms with Gasteiger partial charge in [0.1, 0.15) is 0 Å². The average molecular weight is 508 g/mol. The highest BCUT2D eigenvalue weighted by Crippen LogP contribution is 2.34. The largest absolute Gasteiger partial charge is 0.457 e. The summed E-state index contributed by atoms with van der Waals surface area (Å²) >= 11 is 0. The first kappa shape index (κ1) is 25.9. The molecule has 6 nitrogen and oxygen atoms in total. The average Bonchev–Trinajstić information content (AvgIpc) is 2.83. The molecular weight excluding hydrogens is 492 g/mol. The van der Waals surface area contributed by atoms with Crippen LogP contribution >= 0.6 is 0 Å². The summed E-state index contributed by atoms with van der Waals surface area (Å²) < 4.78 is 113. The summed E-state index contributed by atoms with van der Waals surface area (Å²) in [4.78, 5) is 12.3. The van der Waals surface area contributed by atoms with E-state index in [1.807, 2.05) is 0 Å². The molecule has 188 valence electrons. The summed E-state index contributed by atoms with van der Waals surface area (Å²) in [5, 5.41) is 0. The lowest BCUT2D eigenvalue weighted by atomic mass is 10.2. The molecule has 14 heteroatoms. The maximum atomic E-state index is 13.3. The van der Waals surface area contributed by atoms with E-state index in [2.05, 4.69) is 24.4 Å². The van der Waals surface area contributed by atoms with Crippen molar-refractivity contribution in [3.05, 3.63) is 60.7 Å². The van der Waals surface area contributed by atoms with Gasteiger partial charge in [-0.15, -0.1) is 4.98 Å². The van der Waals surface area contributed by atoms with Crippen LogP contribution in [0.3, 0.4) is 0 Å². The van der Waals surface area contributed by atoms with E-state index in [0.717, 1.165) is 0 Å². The van der Waals surface area contributed by atoms with Crippen molar-refractivity contribution in [2.45, 2.75) is 24.7 Å². The van der Waals surface area contributed by atoms with E-state index in [1.165, 1.54) is 4.90 Å². The zero-order valence-electron chi connectivity index (χ0n) is 17.5. The number of anilines is 3. The van der Waals surface area contributed by atoms with E-state index in [1.54, 1.807) is 60.7 Å². The zero-order chi connectivity index (χ0) is 25.6. The third-order valence-corrected chi connectivity index (χ3v) is 4.24. The maximum Gasteiger partial charge on any atom is 0.340 e.